The lowest BCUT2D eigenvalue weighted by Crippen LogP contribution is -2.54. The van der Waals surface area contributed by atoms with Crippen LogP contribution in [0.5, 0.6) is 0 Å². The van der Waals surface area contributed by atoms with Gasteiger partial charge in [0, 0.05) is 31.9 Å². The number of carbonyl (C=O) groups excluding carboxylic acids is 1. The van der Waals surface area contributed by atoms with E-state index in [9.17, 15) is 13.2 Å². The largest absolute Gasteiger partial charge is 0.339 e. The van der Waals surface area contributed by atoms with E-state index in [1.165, 1.54) is 6.42 Å². The second-order valence-corrected chi connectivity index (χ2v) is 9.44. The SMILES string of the molecule is CN1CCN(C(=O)C2(c3ccc(NS(C)(=O)=O)cc3)CCCCC2)CC1. The normalized spacial score (nSPS) is 21.4. The molecule has 1 amide bonds. The van der Waals surface area contributed by atoms with Crippen molar-refractivity contribution in [3.8, 4) is 0 Å². The Morgan fingerprint density at radius 1 is 1.00 bits per heavy atom. The Morgan fingerprint density at radius 2 is 1.58 bits per heavy atom. The molecular formula is C19H29N3O3S. The molecule has 1 N–H and O–H groups in total. The van der Waals surface area contributed by atoms with Crippen LogP contribution >= 0.6 is 0 Å². The molecule has 0 bridgehead atoms. The number of anilines is 1. The maximum absolute atomic E-state index is 13.5. The van der Waals surface area contributed by atoms with Crippen LogP contribution in [0.3, 0.4) is 0 Å². The van der Waals surface area contributed by atoms with Gasteiger partial charge in [0.05, 0.1) is 11.7 Å². The van der Waals surface area contributed by atoms with Crippen LogP contribution in [0, 0.1) is 0 Å². The lowest BCUT2D eigenvalue weighted by Gasteiger charge is -2.42. The number of likely N-dealkylation sites (N-methyl/N-ethyl adjacent to an activating group) is 1. The first kappa shape index (κ1) is 19.2. The van der Waals surface area contributed by atoms with Crippen LogP contribution in [-0.4, -0.2) is 63.6 Å². The highest BCUT2D eigenvalue weighted by atomic mass is 32.2. The molecule has 0 spiro atoms. The fourth-order valence-electron chi connectivity index (χ4n) is 4.16. The molecule has 6 nitrogen and oxygen atoms in total. The summed E-state index contributed by atoms with van der Waals surface area (Å²) in [6.07, 6.45) is 6.17. The highest BCUT2D eigenvalue weighted by Crippen LogP contribution is 2.41. The maximum Gasteiger partial charge on any atom is 0.233 e. The standard InChI is InChI=1S/C19H29N3O3S/c1-21-12-14-22(15-13-21)18(23)19(10-4-3-5-11-19)16-6-8-17(9-7-16)20-26(2,24)25/h6-9,20H,3-5,10-15H2,1-2H3. The molecule has 1 saturated carbocycles. The van der Waals surface area contributed by atoms with Gasteiger partial charge in [-0.1, -0.05) is 31.4 Å². The number of rotatable bonds is 4. The molecule has 1 aliphatic carbocycles. The van der Waals surface area contributed by atoms with E-state index in [0.717, 1.165) is 63.7 Å². The molecule has 1 aromatic carbocycles. The van der Waals surface area contributed by atoms with Gasteiger partial charge in [0.25, 0.3) is 0 Å². The van der Waals surface area contributed by atoms with Crippen molar-refractivity contribution < 1.29 is 13.2 Å². The quantitative estimate of drug-likeness (QED) is 0.869. The highest BCUT2D eigenvalue weighted by Gasteiger charge is 2.43. The van der Waals surface area contributed by atoms with Crippen molar-refractivity contribution in [2.24, 2.45) is 0 Å². The molecule has 3 rings (SSSR count). The van der Waals surface area contributed by atoms with E-state index in [1.807, 2.05) is 17.0 Å². The number of amides is 1. The van der Waals surface area contributed by atoms with Crippen molar-refractivity contribution in [2.45, 2.75) is 37.5 Å². The van der Waals surface area contributed by atoms with Crippen molar-refractivity contribution >= 4 is 21.6 Å². The Bertz CT molecular complexity index is 732. The smallest absolute Gasteiger partial charge is 0.233 e. The van der Waals surface area contributed by atoms with Crippen LogP contribution < -0.4 is 4.72 Å². The fourth-order valence-corrected chi connectivity index (χ4v) is 4.73. The summed E-state index contributed by atoms with van der Waals surface area (Å²) < 4.78 is 25.3. The van der Waals surface area contributed by atoms with Crippen molar-refractivity contribution in [3.63, 3.8) is 0 Å². The second-order valence-electron chi connectivity index (χ2n) is 7.69. The van der Waals surface area contributed by atoms with Crippen molar-refractivity contribution in [2.75, 3.05) is 44.2 Å². The van der Waals surface area contributed by atoms with Gasteiger partial charge < -0.3 is 9.80 Å². The van der Waals surface area contributed by atoms with Crippen molar-refractivity contribution in [3.05, 3.63) is 29.8 Å². The fraction of sp³-hybridized carbons (Fsp3) is 0.632. The van der Waals surface area contributed by atoms with Crippen molar-refractivity contribution in [1.29, 1.82) is 0 Å². The van der Waals surface area contributed by atoms with Gasteiger partial charge in [-0.25, -0.2) is 8.42 Å². The van der Waals surface area contributed by atoms with Gasteiger partial charge in [-0.15, -0.1) is 0 Å². The minimum absolute atomic E-state index is 0.245. The van der Waals surface area contributed by atoms with Crippen LogP contribution in [0.4, 0.5) is 5.69 Å². The Morgan fingerprint density at radius 3 is 2.12 bits per heavy atom. The third-order valence-corrected chi connectivity index (χ3v) is 6.25. The molecule has 26 heavy (non-hydrogen) atoms. The highest BCUT2D eigenvalue weighted by molar-refractivity contribution is 7.92. The summed E-state index contributed by atoms with van der Waals surface area (Å²) in [6, 6.07) is 7.38. The molecule has 0 unspecified atom stereocenters. The van der Waals surface area contributed by atoms with E-state index < -0.39 is 15.4 Å². The number of hydrogen-bond acceptors (Lipinski definition) is 4. The van der Waals surface area contributed by atoms with Gasteiger partial charge in [-0.2, -0.15) is 0 Å². The molecule has 1 aliphatic heterocycles. The van der Waals surface area contributed by atoms with Gasteiger partial charge in [0.15, 0.2) is 0 Å². The van der Waals surface area contributed by atoms with Gasteiger partial charge >= 0.3 is 0 Å². The average molecular weight is 380 g/mol. The number of piperazine rings is 1. The molecule has 0 aromatic heterocycles. The molecule has 1 saturated heterocycles. The molecule has 144 valence electrons. The summed E-state index contributed by atoms with van der Waals surface area (Å²) in [5.41, 5.74) is 1.09. The van der Waals surface area contributed by atoms with Gasteiger partial charge in [0.1, 0.15) is 0 Å². The van der Waals surface area contributed by atoms with E-state index in [2.05, 4.69) is 16.7 Å². The van der Waals surface area contributed by atoms with Gasteiger partial charge in [0.2, 0.25) is 15.9 Å². The number of hydrogen-bond donors (Lipinski definition) is 1. The maximum atomic E-state index is 13.5. The number of nitrogens with zero attached hydrogens (tertiary/aromatic N) is 2. The Kier molecular flexibility index (Phi) is 5.58. The summed E-state index contributed by atoms with van der Waals surface area (Å²) in [5, 5.41) is 0. The summed E-state index contributed by atoms with van der Waals surface area (Å²) in [4.78, 5) is 17.8. The molecular weight excluding hydrogens is 350 g/mol. The van der Waals surface area contributed by atoms with E-state index >= 15 is 0 Å². The molecule has 1 heterocycles. The van der Waals surface area contributed by atoms with Crippen molar-refractivity contribution in [1.82, 2.24) is 9.80 Å². The molecule has 1 aromatic rings. The zero-order valence-electron chi connectivity index (χ0n) is 15.7. The molecule has 2 aliphatic rings. The van der Waals surface area contributed by atoms with Crippen LogP contribution in [0.1, 0.15) is 37.7 Å². The number of sulfonamides is 1. The monoisotopic (exact) mass is 379 g/mol. The lowest BCUT2D eigenvalue weighted by atomic mass is 9.68. The topological polar surface area (TPSA) is 69.7 Å². The Balaban J connectivity index is 1.86. The first-order valence-electron chi connectivity index (χ1n) is 9.36. The van der Waals surface area contributed by atoms with E-state index in [1.54, 1.807) is 12.1 Å². The zero-order chi connectivity index (χ0) is 18.8. The minimum Gasteiger partial charge on any atom is -0.339 e. The van der Waals surface area contributed by atoms with E-state index in [-0.39, 0.29) is 5.91 Å². The third-order valence-electron chi connectivity index (χ3n) is 5.65. The molecule has 0 radical (unpaired) electrons. The third kappa shape index (κ3) is 4.20. The predicted octanol–water partition coefficient (Wildman–Crippen LogP) is 2.03. The molecule has 2 fully saturated rings. The van der Waals surface area contributed by atoms with Crippen LogP contribution in [-0.2, 0) is 20.2 Å². The predicted molar refractivity (Wildman–Crippen MR) is 104 cm³/mol. The van der Waals surface area contributed by atoms with Crippen LogP contribution in [0.25, 0.3) is 0 Å². The Labute approximate surface area is 156 Å². The summed E-state index contributed by atoms with van der Waals surface area (Å²) >= 11 is 0. The number of nitrogens with one attached hydrogen (secondary N) is 1. The summed E-state index contributed by atoms with van der Waals surface area (Å²) in [7, 11) is -1.21. The van der Waals surface area contributed by atoms with E-state index in [4.69, 9.17) is 0 Å². The number of carbonyl (C=O) groups is 1. The van der Waals surface area contributed by atoms with Crippen LogP contribution in [0.15, 0.2) is 24.3 Å². The summed E-state index contributed by atoms with van der Waals surface area (Å²) in [6.45, 7) is 3.40. The van der Waals surface area contributed by atoms with Gasteiger partial charge in [-0.05, 0) is 37.6 Å². The molecule has 0 atom stereocenters. The number of benzene rings is 1. The Hall–Kier alpha value is -1.60. The first-order valence-corrected chi connectivity index (χ1v) is 11.3. The lowest BCUT2D eigenvalue weighted by molar-refractivity contribution is -0.140. The second kappa shape index (κ2) is 7.56. The first-order chi connectivity index (χ1) is 12.3. The van der Waals surface area contributed by atoms with Crippen LogP contribution in [0.2, 0.25) is 0 Å². The van der Waals surface area contributed by atoms with Gasteiger partial charge in [-0.3, -0.25) is 9.52 Å². The summed E-state index contributed by atoms with van der Waals surface area (Å²) in [5.74, 6) is 0.245. The molecule has 7 heteroatoms. The minimum atomic E-state index is -3.30. The zero-order valence-corrected chi connectivity index (χ0v) is 16.5. The average Bonchev–Trinajstić information content (AvgIpc) is 2.61. The van der Waals surface area contributed by atoms with E-state index in [0.29, 0.717) is 5.69 Å².